The van der Waals surface area contributed by atoms with Gasteiger partial charge < -0.3 is 16.4 Å². The van der Waals surface area contributed by atoms with Gasteiger partial charge in [0.2, 0.25) is 15.9 Å². The van der Waals surface area contributed by atoms with E-state index in [0.717, 1.165) is 4.31 Å². The fourth-order valence-corrected chi connectivity index (χ4v) is 2.47. The first kappa shape index (κ1) is 15.3. The number of hydrogen-bond acceptors (Lipinski definition) is 5. The zero-order chi connectivity index (χ0) is 14.8. The quantitative estimate of drug-likeness (QED) is 0.705. The molecule has 0 unspecified atom stereocenters. The Labute approximate surface area is 112 Å². The predicted octanol–water partition coefficient (Wildman–Crippen LogP) is -0.559. The fraction of sp³-hybridized carbons (Fsp3) is 0.364. The third-order valence-corrected chi connectivity index (χ3v) is 4.40. The summed E-state index contributed by atoms with van der Waals surface area (Å²) in [6.07, 6.45) is 0. The van der Waals surface area contributed by atoms with Crippen molar-refractivity contribution < 1.29 is 13.2 Å². The number of rotatable bonds is 5. The summed E-state index contributed by atoms with van der Waals surface area (Å²) in [6.45, 7) is -0.0460. The monoisotopic (exact) mass is 286 g/mol. The third-order valence-electron chi connectivity index (χ3n) is 2.58. The van der Waals surface area contributed by atoms with Crippen LogP contribution in [-0.4, -0.2) is 46.3 Å². The van der Waals surface area contributed by atoms with E-state index in [0.29, 0.717) is 11.4 Å². The van der Waals surface area contributed by atoms with E-state index in [9.17, 15) is 13.2 Å². The molecule has 0 aliphatic rings. The van der Waals surface area contributed by atoms with Gasteiger partial charge in [0.1, 0.15) is 0 Å². The van der Waals surface area contributed by atoms with Gasteiger partial charge in [-0.15, -0.1) is 0 Å². The van der Waals surface area contributed by atoms with Gasteiger partial charge in [-0.1, -0.05) is 0 Å². The third kappa shape index (κ3) is 3.36. The van der Waals surface area contributed by atoms with Crippen LogP contribution in [0.1, 0.15) is 0 Å². The molecular weight excluding hydrogens is 268 g/mol. The lowest BCUT2D eigenvalue weighted by Gasteiger charge is -2.21. The molecule has 106 valence electrons. The first-order valence-corrected chi connectivity index (χ1v) is 6.91. The number of anilines is 2. The van der Waals surface area contributed by atoms with Crippen LogP contribution in [0.5, 0.6) is 0 Å². The van der Waals surface area contributed by atoms with Gasteiger partial charge >= 0.3 is 0 Å². The van der Waals surface area contributed by atoms with Gasteiger partial charge in [0, 0.05) is 21.1 Å². The molecule has 1 rings (SSSR count). The second kappa shape index (κ2) is 5.45. The molecule has 0 bridgehead atoms. The maximum absolute atomic E-state index is 12.0. The van der Waals surface area contributed by atoms with Crippen LogP contribution in [0.3, 0.4) is 0 Å². The number of nitrogen functional groups attached to an aromatic ring is 1. The van der Waals surface area contributed by atoms with Gasteiger partial charge in [-0.2, -0.15) is 0 Å². The molecule has 8 heteroatoms. The molecule has 0 radical (unpaired) electrons. The maximum atomic E-state index is 12.0. The number of sulfonamides is 1. The molecule has 1 aromatic rings. The molecule has 0 heterocycles. The predicted molar refractivity (Wildman–Crippen MR) is 74.2 cm³/mol. The van der Waals surface area contributed by atoms with Crippen molar-refractivity contribution in [1.29, 1.82) is 0 Å². The highest BCUT2D eigenvalue weighted by Gasteiger charge is 2.19. The van der Waals surface area contributed by atoms with Crippen LogP contribution in [0, 0.1) is 0 Å². The number of likely N-dealkylation sites (N-methyl/N-ethyl adjacent to an activating group) is 1. The highest BCUT2D eigenvalue weighted by atomic mass is 32.2. The number of nitrogens with two attached hydrogens (primary N) is 2. The average Bonchev–Trinajstić information content (AvgIpc) is 2.27. The molecule has 0 aromatic heterocycles. The molecule has 0 saturated carbocycles. The minimum Gasteiger partial charge on any atom is -0.397 e. The van der Waals surface area contributed by atoms with E-state index in [2.05, 4.69) is 0 Å². The van der Waals surface area contributed by atoms with E-state index < -0.39 is 15.9 Å². The number of nitrogens with zero attached hydrogens (tertiary/aromatic N) is 2. The molecule has 0 aliphatic heterocycles. The molecule has 7 nitrogen and oxygen atoms in total. The second-order valence-electron chi connectivity index (χ2n) is 4.33. The Morgan fingerprint density at radius 1 is 1.26 bits per heavy atom. The van der Waals surface area contributed by atoms with Crippen molar-refractivity contribution >= 4 is 27.3 Å². The second-order valence-corrected chi connectivity index (χ2v) is 6.48. The molecule has 0 fully saturated rings. The van der Waals surface area contributed by atoms with Gasteiger partial charge in [-0.05, 0) is 18.2 Å². The van der Waals surface area contributed by atoms with Crippen molar-refractivity contribution in [2.75, 3.05) is 38.3 Å². The summed E-state index contributed by atoms with van der Waals surface area (Å²) in [7, 11) is 0.956. The van der Waals surface area contributed by atoms with Gasteiger partial charge in [0.25, 0.3) is 0 Å². The summed E-state index contributed by atoms with van der Waals surface area (Å²) >= 11 is 0. The lowest BCUT2D eigenvalue weighted by molar-refractivity contribution is -0.116. The summed E-state index contributed by atoms with van der Waals surface area (Å²) < 4.78 is 25.1. The first-order valence-electron chi connectivity index (χ1n) is 5.47. The van der Waals surface area contributed by atoms with E-state index in [1.54, 1.807) is 7.05 Å². The minimum absolute atomic E-state index is 0.0460. The Kier molecular flexibility index (Phi) is 4.38. The zero-order valence-corrected chi connectivity index (χ0v) is 11.9. The number of benzene rings is 1. The Morgan fingerprint density at radius 3 is 2.32 bits per heavy atom. The van der Waals surface area contributed by atoms with E-state index in [-0.39, 0.29) is 11.4 Å². The van der Waals surface area contributed by atoms with Crippen molar-refractivity contribution in [3.63, 3.8) is 0 Å². The van der Waals surface area contributed by atoms with E-state index in [1.165, 1.54) is 37.2 Å². The lowest BCUT2D eigenvalue weighted by atomic mass is 10.2. The van der Waals surface area contributed by atoms with Gasteiger partial charge in [-0.25, -0.2) is 12.7 Å². The average molecular weight is 286 g/mol. The number of amides is 1. The molecule has 0 spiro atoms. The summed E-state index contributed by atoms with van der Waals surface area (Å²) in [5.74, 6) is -0.525. The van der Waals surface area contributed by atoms with Crippen molar-refractivity contribution in [1.82, 2.24) is 4.31 Å². The Bertz CT molecular complexity index is 584. The van der Waals surface area contributed by atoms with E-state index >= 15 is 0 Å². The van der Waals surface area contributed by atoms with Gasteiger partial charge in [-0.3, -0.25) is 4.79 Å². The molecule has 0 aliphatic carbocycles. The molecule has 1 aromatic carbocycles. The normalized spacial score (nSPS) is 11.6. The van der Waals surface area contributed by atoms with Crippen molar-refractivity contribution in [2.24, 2.45) is 5.73 Å². The Morgan fingerprint density at radius 2 is 1.84 bits per heavy atom. The van der Waals surface area contributed by atoms with Crippen LogP contribution in [0.25, 0.3) is 0 Å². The number of carbonyl (C=O) groups excluding carboxylic acids is 1. The number of hydrogen-bond donors (Lipinski definition) is 2. The summed E-state index contributed by atoms with van der Waals surface area (Å²) in [5, 5.41) is 0. The SMILES string of the molecule is CN(CC(N)=O)c1cc(S(=O)(=O)N(C)C)ccc1N. The van der Waals surface area contributed by atoms with Crippen LogP contribution in [0.4, 0.5) is 11.4 Å². The molecule has 0 saturated heterocycles. The standard InChI is InChI=1S/C11H18N4O3S/c1-14(2)19(17,18)8-4-5-9(12)10(6-8)15(3)7-11(13)16/h4-6H,7,12H2,1-3H3,(H2,13,16). The summed E-state index contributed by atoms with van der Waals surface area (Å²) in [5.41, 5.74) is 11.7. The molecule has 0 atom stereocenters. The van der Waals surface area contributed by atoms with Gasteiger partial charge in [0.15, 0.2) is 0 Å². The maximum Gasteiger partial charge on any atom is 0.242 e. The minimum atomic E-state index is -3.54. The fourth-order valence-electron chi connectivity index (χ4n) is 1.54. The number of carbonyl (C=O) groups is 1. The number of primary amides is 1. The zero-order valence-electron chi connectivity index (χ0n) is 11.1. The Balaban J connectivity index is 3.25. The highest BCUT2D eigenvalue weighted by molar-refractivity contribution is 7.89. The molecule has 4 N–H and O–H groups in total. The van der Waals surface area contributed by atoms with Gasteiger partial charge in [0.05, 0.1) is 22.8 Å². The van der Waals surface area contributed by atoms with Crippen LogP contribution < -0.4 is 16.4 Å². The lowest BCUT2D eigenvalue weighted by Crippen LogP contribution is -2.31. The van der Waals surface area contributed by atoms with Crippen molar-refractivity contribution in [3.05, 3.63) is 18.2 Å². The molecule has 19 heavy (non-hydrogen) atoms. The van der Waals surface area contributed by atoms with Crippen LogP contribution >= 0.6 is 0 Å². The molecular formula is C11H18N4O3S. The topological polar surface area (TPSA) is 110 Å². The molecule has 1 amide bonds. The summed E-state index contributed by atoms with van der Waals surface area (Å²) in [4.78, 5) is 12.5. The van der Waals surface area contributed by atoms with E-state index in [1.807, 2.05) is 0 Å². The highest BCUT2D eigenvalue weighted by Crippen LogP contribution is 2.26. The largest absolute Gasteiger partial charge is 0.397 e. The Hall–Kier alpha value is -1.80. The van der Waals surface area contributed by atoms with Crippen molar-refractivity contribution in [2.45, 2.75) is 4.90 Å². The van der Waals surface area contributed by atoms with E-state index in [4.69, 9.17) is 11.5 Å². The van der Waals surface area contributed by atoms with Crippen LogP contribution in [0.2, 0.25) is 0 Å². The van der Waals surface area contributed by atoms with Crippen LogP contribution in [0.15, 0.2) is 23.1 Å². The van der Waals surface area contributed by atoms with Crippen LogP contribution in [-0.2, 0) is 14.8 Å². The van der Waals surface area contributed by atoms with Crippen molar-refractivity contribution in [3.8, 4) is 0 Å². The first-order chi connectivity index (χ1) is 8.66. The summed E-state index contributed by atoms with van der Waals surface area (Å²) in [6, 6.07) is 4.34. The smallest absolute Gasteiger partial charge is 0.242 e.